The van der Waals surface area contributed by atoms with Crippen LogP contribution in [0.15, 0.2) is 18.3 Å². The van der Waals surface area contributed by atoms with Crippen molar-refractivity contribution in [3.63, 3.8) is 0 Å². The molecular weight excluding hydrogens is 176 g/mol. The molecule has 0 aliphatic heterocycles. The molecule has 0 fully saturated rings. The molecule has 0 radical (unpaired) electrons. The van der Waals surface area contributed by atoms with E-state index in [-0.39, 0.29) is 0 Å². The summed E-state index contributed by atoms with van der Waals surface area (Å²) in [5.74, 6) is 3.06. The Morgan fingerprint density at radius 2 is 2.29 bits per heavy atom. The normalized spacial score (nSPS) is 10.0. The molecule has 0 saturated heterocycles. The van der Waals surface area contributed by atoms with Gasteiger partial charge in [0.2, 0.25) is 0 Å². The minimum absolute atomic E-state index is 0.315. The molecule has 0 bridgehead atoms. The lowest BCUT2D eigenvalue weighted by Crippen LogP contribution is -2.25. The Morgan fingerprint density at radius 3 is 2.86 bits per heavy atom. The molecule has 0 aromatic carbocycles. The Morgan fingerprint density at radius 1 is 1.57 bits per heavy atom. The summed E-state index contributed by atoms with van der Waals surface area (Å²) in [5, 5.41) is 8.61. The SMILES string of the molecule is C#CC(C)(C)Oc1ccnc(C#N)c1. The van der Waals surface area contributed by atoms with Crippen molar-refractivity contribution in [3.05, 3.63) is 24.0 Å². The van der Waals surface area contributed by atoms with Crippen molar-refractivity contribution < 1.29 is 4.74 Å². The molecule has 0 saturated carbocycles. The van der Waals surface area contributed by atoms with Gasteiger partial charge < -0.3 is 4.74 Å². The molecule has 0 aliphatic rings. The third-order valence-electron chi connectivity index (χ3n) is 1.57. The summed E-state index contributed by atoms with van der Waals surface area (Å²) >= 11 is 0. The fraction of sp³-hybridized carbons (Fsp3) is 0.273. The highest BCUT2D eigenvalue weighted by atomic mass is 16.5. The fourth-order valence-electron chi connectivity index (χ4n) is 0.860. The molecule has 0 atom stereocenters. The van der Waals surface area contributed by atoms with E-state index in [9.17, 15) is 0 Å². The Hall–Kier alpha value is -2.00. The van der Waals surface area contributed by atoms with E-state index in [0.717, 1.165) is 0 Å². The van der Waals surface area contributed by atoms with E-state index in [1.54, 1.807) is 26.0 Å². The second kappa shape index (κ2) is 3.81. The van der Waals surface area contributed by atoms with Gasteiger partial charge in [0.25, 0.3) is 0 Å². The van der Waals surface area contributed by atoms with Gasteiger partial charge in [0.1, 0.15) is 17.5 Å². The molecule has 0 amide bonds. The zero-order valence-electron chi connectivity index (χ0n) is 8.11. The lowest BCUT2D eigenvalue weighted by Gasteiger charge is -2.19. The predicted molar refractivity (Wildman–Crippen MR) is 52.5 cm³/mol. The maximum atomic E-state index is 8.61. The van der Waals surface area contributed by atoms with Crippen molar-refractivity contribution in [2.75, 3.05) is 0 Å². The van der Waals surface area contributed by atoms with Crippen LogP contribution in [0.3, 0.4) is 0 Å². The standard InChI is InChI=1S/C11H10N2O/c1-4-11(2,3)14-10-5-6-13-9(7-10)8-12/h1,5-7H,2-3H3. The van der Waals surface area contributed by atoms with Crippen molar-refractivity contribution in [3.8, 4) is 24.2 Å². The molecule has 1 heterocycles. The summed E-state index contributed by atoms with van der Waals surface area (Å²) in [6.07, 6.45) is 6.78. The topological polar surface area (TPSA) is 45.9 Å². The molecule has 0 N–H and O–H groups in total. The first kappa shape index (κ1) is 10.1. The van der Waals surface area contributed by atoms with E-state index in [1.165, 1.54) is 6.20 Å². The molecule has 14 heavy (non-hydrogen) atoms. The van der Waals surface area contributed by atoms with Crippen LogP contribution in [0.1, 0.15) is 19.5 Å². The van der Waals surface area contributed by atoms with Crippen molar-refractivity contribution in [1.82, 2.24) is 4.98 Å². The number of terminal acetylenes is 1. The largest absolute Gasteiger partial charge is 0.475 e. The second-order valence-electron chi connectivity index (χ2n) is 3.25. The third-order valence-corrected chi connectivity index (χ3v) is 1.57. The van der Waals surface area contributed by atoms with Gasteiger partial charge in [0.05, 0.1) is 0 Å². The van der Waals surface area contributed by atoms with Gasteiger partial charge in [-0.1, -0.05) is 5.92 Å². The number of ether oxygens (including phenoxy) is 1. The van der Waals surface area contributed by atoms with Gasteiger partial charge in [-0.25, -0.2) is 4.98 Å². The van der Waals surface area contributed by atoms with Gasteiger partial charge in [-0.15, -0.1) is 6.42 Å². The number of aromatic nitrogens is 1. The first-order chi connectivity index (χ1) is 6.57. The number of hydrogen-bond donors (Lipinski definition) is 0. The van der Waals surface area contributed by atoms with E-state index in [0.29, 0.717) is 11.4 Å². The van der Waals surface area contributed by atoms with Gasteiger partial charge in [0.15, 0.2) is 5.60 Å². The average molecular weight is 186 g/mol. The molecule has 1 rings (SSSR count). The Labute approximate surface area is 83.3 Å². The van der Waals surface area contributed by atoms with Crippen LogP contribution < -0.4 is 4.74 Å². The molecular formula is C11H10N2O. The summed E-state index contributed by atoms with van der Waals surface area (Å²) in [6.45, 7) is 3.55. The van der Waals surface area contributed by atoms with Crippen LogP contribution in [0.4, 0.5) is 0 Å². The molecule has 3 heteroatoms. The smallest absolute Gasteiger partial charge is 0.163 e. The lowest BCUT2D eigenvalue weighted by molar-refractivity contribution is 0.172. The number of pyridine rings is 1. The summed E-state index contributed by atoms with van der Waals surface area (Å²) in [5.41, 5.74) is -0.357. The molecule has 0 spiro atoms. The Bertz CT molecular complexity index is 410. The highest BCUT2D eigenvalue weighted by molar-refractivity contribution is 5.30. The van der Waals surface area contributed by atoms with Crippen LogP contribution in [0, 0.1) is 23.7 Å². The molecule has 1 aromatic rings. The predicted octanol–water partition coefficient (Wildman–Crippen LogP) is 1.74. The Balaban J connectivity index is 2.90. The minimum Gasteiger partial charge on any atom is -0.475 e. The van der Waals surface area contributed by atoms with Gasteiger partial charge in [-0.2, -0.15) is 5.26 Å². The number of nitriles is 1. The number of hydrogen-bond acceptors (Lipinski definition) is 3. The number of nitrogens with zero attached hydrogens (tertiary/aromatic N) is 2. The van der Waals surface area contributed by atoms with E-state index >= 15 is 0 Å². The maximum Gasteiger partial charge on any atom is 0.163 e. The van der Waals surface area contributed by atoms with Crippen LogP contribution >= 0.6 is 0 Å². The van der Waals surface area contributed by atoms with Crippen molar-refractivity contribution >= 4 is 0 Å². The average Bonchev–Trinajstić information content (AvgIpc) is 2.17. The lowest BCUT2D eigenvalue weighted by atomic mass is 10.1. The molecule has 3 nitrogen and oxygen atoms in total. The maximum absolute atomic E-state index is 8.61. The number of rotatable bonds is 2. The first-order valence-corrected chi connectivity index (χ1v) is 4.10. The zero-order chi connectivity index (χ0) is 10.6. The Kier molecular flexibility index (Phi) is 2.74. The zero-order valence-corrected chi connectivity index (χ0v) is 8.11. The van der Waals surface area contributed by atoms with E-state index in [2.05, 4.69) is 10.9 Å². The van der Waals surface area contributed by atoms with Crippen LogP contribution in [-0.4, -0.2) is 10.6 Å². The molecule has 1 aromatic heterocycles. The quantitative estimate of drug-likeness (QED) is 0.661. The summed E-state index contributed by atoms with van der Waals surface area (Å²) in [7, 11) is 0. The molecule has 70 valence electrons. The minimum atomic E-state index is -0.673. The van der Waals surface area contributed by atoms with Crippen molar-refractivity contribution in [2.45, 2.75) is 19.4 Å². The van der Waals surface area contributed by atoms with Crippen LogP contribution in [0.2, 0.25) is 0 Å². The van der Waals surface area contributed by atoms with E-state index < -0.39 is 5.60 Å². The van der Waals surface area contributed by atoms with Gasteiger partial charge in [-0.3, -0.25) is 0 Å². The van der Waals surface area contributed by atoms with Crippen LogP contribution in [0.5, 0.6) is 5.75 Å². The van der Waals surface area contributed by atoms with E-state index in [1.807, 2.05) is 6.07 Å². The second-order valence-corrected chi connectivity index (χ2v) is 3.25. The summed E-state index contributed by atoms with van der Waals surface area (Å²) in [6, 6.07) is 5.15. The fourth-order valence-corrected chi connectivity index (χ4v) is 0.860. The monoisotopic (exact) mass is 186 g/mol. The van der Waals surface area contributed by atoms with Crippen molar-refractivity contribution in [2.24, 2.45) is 0 Å². The highest BCUT2D eigenvalue weighted by Crippen LogP contribution is 2.17. The van der Waals surface area contributed by atoms with Crippen LogP contribution in [-0.2, 0) is 0 Å². The van der Waals surface area contributed by atoms with E-state index in [4.69, 9.17) is 16.4 Å². The summed E-state index contributed by atoms with van der Waals surface area (Å²) in [4.78, 5) is 3.82. The van der Waals surface area contributed by atoms with Crippen LogP contribution in [0.25, 0.3) is 0 Å². The van der Waals surface area contributed by atoms with Gasteiger partial charge in [0, 0.05) is 12.3 Å². The van der Waals surface area contributed by atoms with Gasteiger partial charge in [-0.05, 0) is 19.9 Å². The third kappa shape index (κ3) is 2.50. The highest BCUT2D eigenvalue weighted by Gasteiger charge is 2.15. The molecule has 0 aliphatic carbocycles. The summed E-state index contributed by atoms with van der Waals surface area (Å²) < 4.78 is 5.47. The van der Waals surface area contributed by atoms with Gasteiger partial charge >= 0.3 is 0 Å². The molecule has 0 unspecified atom stereocenters. The van der Waals surface area contributed by atoms with Crippen molar-refractivity contribution in [1.29, 1.82) is 5.26 Å². The first-order valence-electron chi connectivity index (χ1n) is 4.10.